The van der Waals surface area contributed by atoms with E-state index in [2.05, 4.69) is 5.10 Å². The van der Waals surface area contributed by atoms with Crippen molar-refractivity contribution in [2.45, 2.75) is 24.8 Å². The second-order valence-electron chi connectivity index (χ2n) is 4.57. The first-order chi connectivity index (χ1) is 9.43. The number of aromatic nitrogens is 2. The minimum Gasteiger partial charge on any atom is -0.287 e. The molecule has 0 unspecified atom stereocenters. The van der Waals surface area contributed by atoms with Crippen molar-refractivity contribution in [1.29, 1.82) is 0 Å². The van der Waals surface area contributed by atoms with Gasteiger partial charge in [0.25, 0.3) is 0 Å². The van der Waals surface area contributed by atoms with Crippen LogP contribution in [0.2, 0.25) is 0 Å². The highest BCUT2D eigenvalue weighted by molar-refractivity contribution is 7.90. The van der Waals surface area contributed by atoms with Crippen molar-refractivity contribution in [2.75, 3.05) is 6.26 Å². The average Bonchev–Trinajstić information content (AvgIpc) is 2.86. The fourth-order valence-electron chi connectivity index (χ4n) is 1.92. The number of benzene rings is 1. The summed E-state index contributed by atoms with van der Waals surface area (Å²) < 4.78 is 24.4. The highest BCUT2D eigenvalue weighted by atomic mass is 32.2. The van der Waals surface area contributed by atoms with Crippen LogP contribution in [0.4, 0.5) is 0 Å². The van der Waals surface area contributed by atoms with E-state index in [9.17, 15) is 13.2 Å². The van der Waals surface area contributed by atoms with E-state index in [4.69, 9.17) is 0 Å². The van der Waals surface area contributed by atoms with Crippen molar-refractivity contribution in [2.24, 2.45) is 0 Å². The van der Waals surface area contributed by atoms with Crippen LogP contribution < -0.4 is 0 Å². The lowest BCUT2D eigenvalue weighted by Crippen LogP contribution is -2.11. The lowest BCUT2D eigenvalue weighted by molar-refractivity contribution is 0.102. The van der Waals surface area contributed by atoms with Crippen LogP contribution in [0.25, 0.3) is 0 Å². The van der Waals surface area contributed by atoms with Crippen molar-refractivity contribution in [3.05, 3.63) is 47.8 Å². The summed E-state index contributed by atoms with van der Waals surface area (Å²) in [6, 6.07) is 7.62. The fraction of sp³-hybridized carbons (Fsp3) is 0.286. The number of carbonyl (C=O) groups excluding carboxylic acids is 1. The molecule has 106 valence electrons. The summed E-state index contributed by atoms with van der Waals surface area (Å²) in [4.78, 5) is 12.6. The van der Waals surface area contributed by atoms with E-state index < -0.39 is 9.84 Å². The Labute approximate surface area is 118 Å². The Hall–Kier alpha value is -1.95. The lowest BCUT2D eigenvalue weighted by atomic mass is 10.1. The van der Waals surface area contributed by atoms with Crippen molar-refractivity contribution < 1.29 is 13.2 Å². The maximum Gasteiger partial charge on any atom is 0.211 e. The summed E-state index contributed by atoms with van der Waals surface area (Å²) in [5.41, 5.74) is 0.967. The highest BCUT2D eigenvalue weighted by Crippen LogP contribution is 2.14. The zero-order valence-corrected chi connectivity index (χ0v) is 12.2. The smallest absolute Gasteiger partial charge is 0.211 e. The lowest BCUT2D eigenvalue weighted by Gasteiger charge is -2.06. The van der Waals surface area contributed by atoms with Crippen LogP contribution in [0.3, 0.4) is 0 Å². The van der Waals surface area contributed by atoms with Crippen LogP contribution in [0, 0.1) is 0 Å². The van der Waals surface area contributed by atoms with E-state index in [0.29, 0.717) is 17.8 Å². The van der Waals surface area contributed by atoms with Gasteiger partial charge in [-0.15, -0.1) is 0 Å². The molecule has 0 radical (unpaired) electrons. The Bertz CT molecular complexity index is 715. The summed E-state index contributed by atoms with van der Waals surface area (Å²) in [5.74, 6) is -0.156. The Balaban J connectivity index is 2.32. The summed E-state index contributed by atoms with van der Waals surface area (Å²) in [6.45, 7) is 2.69. The van der Waals surface area contributed by atoms with Crippen LogP contribution in [-0.4, -0.2) is 30.2 Å². The topological polar surface area (TPSA) is 69.0 Å². The second kappa shape index (κ2) is 5.58. The van der Waals surface area contributed by atoms with Crippen molar-refractivity contribution in [3.8, 4) is 0 Å². The predicted octanol–water partition coefficient (Wildman–Crippen LogP) is 1.93. The predicted molar refractivity (Wildman–Crippen MR) is 75.5 cm³/mol. The number of nitrogens with zero attached hydrogens (tertiary/aromatic N) is 2. The van der Waals surface area contributed by atoms with Gasteiger partial charge in [-0.05, 0) is 36.8 Å². The standard InChI is InChI=1S/C14H16N2O3S/c1-3-10-16-13(8-9-15-16)14(17)11-4-6-12(7-5-11)20(2,18)19/h4-9H,3,10H2,1-2H3. The monoisotopic (exact) mass is 292 g/mol. The van der Waals surface area contributed by atoms with Crippen molar-refractivity contribution in [1.82, 2.24) is 9.78 Å². The first-order valence-corrected chi connectivity index (χ1v) is 8.19. The molecular weight excluding hydrogens is 276 g/mol. The van der Waals surface area contributed by atoms with Crippen LogP contribution in [0.15, 0.2) is 41.4 Å². The number of ketones is 1. The number of hydrogen-bond donors (Lipinski definition) is 0. The first-order valence-electron chi connectivity index (χ1n) is 6.30. The molecule has 0 amide bonds. The first kappa shape index (κ1) is 14.5. The van der Waals surface area contributed by atoms with E-state index >= 15 is 0 Å². The minimum absolute atomic E-state index is 0.156. The maximum atomic E-state index is 12.4. The number of rotatable bonds is 5. The summed E-state index contributed by atoms with van der Waals surface area (Å²) in [6.07, 6.45) is 3.61. The third-order valence-corrected chi connectivity index (χ3v) is 4.06. The minimum atomic E-state index is -3.24. The molecule has 1 heterocycles. The van der Waals surface area contributed by atoms with Crippen LogP contribution in [-0.2, 0) is 16.4 Å². The van der Waals surface area contributed by atoms with E-state index in [1.807, 2.05) is 6.92 Å². The fourth-order valence-corrected chi connectivity index (χ4v) is 2.55. The molecule has 0 aliphatic heterocycles. The van der Waals surface area contributed by atoms with Gasteiger partial charge in [-0.3, -0.25) is 9.48 Å². The maximum absolute atomic E-state index is 12.4. The molecule has 0 bridgehead atoms. The number of sulfone groups is 1. The molecule has 1 aromatic carbocycles. The van der Waals surface area contributed by atoms with Gasteiger partial charge >= 0.3 is 0 Å². The van der Waals surface area contributed by atoms with Crippen molar-refractivity contribution in [3.63, 3.8) is 0 Å². The van der Waals surface area contributed by atoms with E-state index in [-0.39, 0.29) is 10.7 Å². The third-order valence-electron chi connectivity index (χ3n) is 2.93. The molecular formula is C14H16N2O3S. The van der Waals surface area contributed by atoms with Gasteiger partial charge in [0.15, 0.2) is 9.84 Å². The van der Waals surface area contributed by atoms with Gasteiger partial charge in [0.05, 0.1) is 4.90 Å². The molecule has 0 fully saturated rings. The zero-order valence-electron chi connectivity index (χ0n) is 11.4. The van der Waals surface area contributed by atoms with Crippen LogP contribution in [0.1, 0.15) is 29.4 Å². The second-order valence-corrected chi connectivity index (χ2v) is 6.58. The Morgan fingerprint density at radius 1 is 1.20 bits per heavy atom. The van der Waals surface area contributed by atoms with E-state index in [1.54, 1.807) is 16.9 Å². The van der Waals surface area contributed by atoms with Gasteiger partial charge in [0.2, 0.25) is 5.78 Å². The largest absolute Gasteiger partial charge is 0.287 e. The van der Waals surface area contributed by atoms with Gasteiger partial charge in [0, 0.05) is 24.6 Å². The quantitative estimate of drug-likeness (QED) is 0.790. The molecule has 6 heteroatoms. The van der Waals surface area contributed by atoms with Gasteiger partial charge in [0.1, 0.15) is 5.69 Å². The van der Waals surface area contributed by atoms with Crippen LogP contribution in [0.5, 0.6) is 0 Å². The number of hydrogen-bond acceptors (Lipinski definition) is 4. The zero-order chi connectivity index (χ0) is 14.8. The normalized spacial score (nSPS) is 11.5. The molecule has 20 heavy (non-hydrogen) atoms. The Kier molecular flexibility index (Phi) is 4.04. The average molecular weight is 292 g/mol. The van der Waals surface area contributed by atoms with Gasteiger partial charge < -0.3 is 0 Å². The van der Waals surface area contributed by atoms with Crippen LogP contribution >= 0.6 is 0 Å². The number of carbonyl (C=O) groups is 1. The van der Waals surface area contributed by atoms with Crippen molar-refractivity contribution >= 4 is 15.6 Å². The molecule has 0 saturated heterocycles. The molecule has 0 saturated carbocycles. The third kappa shape index (κ3) is 2.96. The molecule has 2 aromatic rings. The molecule has 1 aromatic heterocycles. The van der Waals surface area contributed by atoms with Gasteiger partial charge in [-0.1, -0.05) is 6.92 Å². The van der Waals surface area contributed by atoms with E-state index in [0.717, 1.165) is 12.7 Å². The van der Waals surface area contributed by atoms with Gasteiger partial charge in [-0.2, -0.15) is 5.10 Å². The molecule has 2 rings (SSSR count). The molecule has 0 atom stereocenters. The summed E-state index contributed by atoms with van der Waals surface area (Å²) >= 11 is 0. The highest BCUT2D eigenvalue weighted by Gasteiger charge is 2.15. The van der Waals surface area contributed by atoms with Gasteiger partial charge in [-0.25, -0.2) is 8.42 Å². The molecule has 0 spiro atoms. The summed E-state index contributed by atoms with van der Waals surface area (Å²) in [7, 11) is -3.24. The summed E-state index contributed by atoms with van der Waals surface area (Å²) in [5, 5.41) is 4.11. The molecule has 0 N–H and O–H groups in total. The SMILES string of the molecule is CCCn1nccc1C(=O)c1ccc(S(C)(=O)=O)cc1. The number of aryl methyl sites for hydroxylation is 1. The Morgan fingerprint density at radius 3 is 2.40 bits per heavy atom. The molecule has 5 nitrogen and oxygen atoms in total. The molecule has 0 aliphatic rings. The van der Waals surface area contributed by atoms with E-state index in [1.165, 1.54) is 24.3 Å². The molecule has 0 aliphatic carbocycles. The Morgan fingerprint density at radius 2 is 1.85 bits per heavy atom.